The van der Waals surface area contributed by atoms with Crippen LogP contribution in [0.3, 0.4) is 0 Å². The Labute approximate surface area is 111 Å². The van der Waals surface area contributed by atoms with E-state index in [9.17, 15) is 4.39 Å². The Bertz CT molecular complexity index is 541. The molecule has 1 aromatic heterocycles. The molecule has 102 valence electrons. The lowest BCUT2D eigenvalue weighted by Crippen LogP contribution is -2.18. The summed E-state index contributed by atoms with van der Waals surface area (Å²) in [4.78, 5) is 4.28. The summed E-state index contributed by atoms with van der Waals surface area (Å²) in [6, 6.07) is 6.11. The number of hydrogen-bond acceptors (Lipinski definition) is 4. The molecule has 0 amide bonds. The Morgan fingerprint density at radius 3 is 2.89 bits per heavy atom. The van der Waals surface area contributed by atoms with E-state index in [2.05, 4.69) is 17.1 Å². The lowest BCUT2D eigenvalue weighted by atomic mass is 10.0. The fraction of sp³-hybridized carbons (Fsp3) is 0.429. The highest BCUT2D eigenvalue weighted by Gasteiger charge is 2.20. The molecule has 2 atom stereocenters. The maximum atomic E-state index is 13.1. The summed E-state index contributed by atoms with van der Waals surface area (Å²) in [6.45, 7) is 4.11. The Morgan fingerprint density at radius 2 is 2.21 bits per heavy atom. The van der Waals surface area contributed by atoms with Crippen LogP contribution < -0.4 is 5.73 Å². The van der Waals surface area contributed by atoms with Gasteiger partial charge in [-0.2, -0.15) is 4.98 Å². The Hall–Kier alpha value is -1.75. The molecule has 1 aromatic carbocycles. The number of benzene rings is 1. The minimum Gasteiger partial charge on any atom is -0.338 e. The van der Waals surface area contributed by atoms with Crippen LogP contribution in [0.5, 0.6) is 0 Å². The van der Waals surface area contributed by atoms with Gasteiger partial charge in [-0.25, -0.2) is 4.39 Å². The molecule has 2 rings (SSSR count). The van der Waals surface area contributed by atoms with Crippen LogP contribution in [0.25, 0.3) is 0 Å². The molecule has 2 N–H and O–H groups in total. The first-order valence-electron chi connectivity index (χ1n) is 6.42. The zero-order valence-corrected chi connectivity index (χ0v) is 11.1. The zero-order valence-electron chi connectivity index (χ0n) is 11.1. The van der Waals surface area contributed by atoms with Crippen molar-refractivity contribution in [1.82, 2.24) is 10.1 Å². The van der Waals surface area contributed by atoms with Gasteiger partial charge in [0.2, 0.25) is 5.89 Å². The molecule has 0 aliphatic heterocycles. The first kappa shape index (κ1) is 13.7. The van der Waals surface area contributed by atoms with Gasteiger partial charge in [-0.1, -0.05) is 37.6 Å². The summed E-state index contributed by atoms with van der Waals surface area (Å²) in [7, 11) is 0. The molecular weight excluding hydrogens is 245 g/mol. The molecule has 19 heavy (non-hydrogen) atoms. The topological polar surface area (TPSA) is 64.9 Å². The molecule has 0 saturated heterocycles. The monoisotopic (exact) mass is 263 g/mol. The van der Waals surface area contributed by atoms with Crippen LogP contribution in [0.1, 0.15) is 43.6 Å². The second kappa shape index (κ2) is 5.93. The highest BCUT2D eigenvalue weighted by molar-refractivity contribution is 5.19. The average Bonchev–Trinajstić information content (AvgIpc) is 2.85. The maximum absolute atomic E-state index is 13.1. The second-order valence-electron chi connectivity index (χ2n) is 4.77. The third-order valence-electron chi connectivity index (χ3n) is 3.28. The highest BCUT2D eigenvalue weighted by Crippen LogP contribution is 2.20. The van der Waals surface area contributed by atoms with E-state index in [1.165, 1.54) is 12.1 Å². The van der Waals surface area contributed by atoms with E-state index in [1.54, 1.807) is 6.07 Å². The lowest BCUT2D eigenvalue weighted by molar-refractivity contribution is 0.310. The van der Waals surface area contributed by atoms with Gasteiger partial charge >= 0.3 is 0 Å². The van der Waals surface area contributed by atoms with Gasteiger partial charge in [0, 0.05) is 6.42 Å². The number of nitrogens with zero attached hydrogens (tertiary/aromatic N) is 2. The molecule has 0 saturated carbocycles. The summed E-state index contributed by atoms with van der Waals surface area (Å²) in [5.41, 5.74) is 6.83. The number of hydrogen-bond donors (Lipinski definition) is 1. The van der Waals surface area contributed by atoms with Crippen LogP contribution in [-0.2, 0) is 6.42 Å². The molecule has 1 heterocycles. The van der Waals surface area contributed by atoms with Gasteiger partial charge in [-0.15, -0.1) is 0 Å². The number of nitrogens with two attached hydrogens (primary N) is 1. The molecule has 5 heteroatoms. The van der Waals surface area contributed by atoms with Crippen molar-refractivity contribution in [3.63, 3.8) is 0 Å². The quantitative estimate of drug-likeness (QED) is 0.900. The van der Waals surface area contributed by atoms with Gasteiger partial charge in [0.15, 0.2) is 5.82 Å². The number of aromatic nitrogens is 2. The van der Waals surface area contributed by atoms with Crippen LogP contribution >= 0.6 is 0 Å². The molecular formula is C14H18FN3O. The smallest absolute Gasteiger partial charge is 0.243 e. The van der Waals surface area contributed by atoms with E-state index >= 15 is 0 Å². The molecule has 1 unspecified atom stereocenters. The summed E-state index contributed by atoms with van der Waals surface area (Å²) < 4.78 is 18.2. The second-order valence-corrected chi connectivity index (χ2v) is 4.77. The van der Waals surface area contributed by atoms with Gasteiger partial charge in [-0.3, -0.25) is 0 Å². The first-order valence-corrected chi connectivity index (χ1v) is 6.42. The van der Waals surface area contributed by atoms with Gasteiger partial charge in [0.25, 0.3) is 0 Å². The third kappa shape index (κ3) is 3.38. The average molecular weight is 263 g/mol. The van der Waals surface area contributed by atoms with Gasteiger partial charge in [-0.05, 0) is 23.6 Å². The maximum Gasteiger partial charge on any atom is 0.243 e. The first-order chi connectivity index (χ1) is 9.10. The summed E-state index contributed by atoms with van der Waals surface area (Å²) in [6.07, 6.45) is 1.39. The van der Waals surface area contributed by atoms with Crippen LogP contribution in [0.4, 0.5) is 4.39 Å². The van der Waals surface area contributed by atoms with Crippen LogP contribution in [0, 0.1) is 11.7 Å². The van der Waals surface area contributed by atoms with Gasteiger partial charge < -0.3 is 10.3 Å². The zero-order chi connectivity index (χ0) is 13.8. The summed E-state index contributed by atoms with van der Waals surface area (Å²) in [5.74, 6) is 0.986. The normalized spacial score (nSPS) is 14.3. The molecule has 4 nitrogen and oxygen atoms in total. The van der Waals surface area contributed by atoms with Crippen molar-refractivity contribution in [2.45, 2.75) is 32.7 Å². The minimum atomic E-state index is -0.266. The van der Waals surface area contributed by atoms with E-state index in [0.29, 0.717) is 18.1 Å². The van der Waals surface area contributed by atoms with Crippen molar-refractivity contribution in [3.05, 3.63) is 47.4 Å². The third-order valence-corrected chi connectivity index (χ3v) is 3.28. The van der Waals surface area contributed by atoms with E-state index < -0.39 is 0 Å². The summed E-state index contributed by atoms with van der Waals surface area (Å²) in [5, 5.41) is 3.89. The van der Waals surface area contributed by atoms with Crippen LogP contribution in [0.15, 0.2) is 28.8 Å². The number of rotatable bonds is 5. The van der Waals surface area contributed by atoms with Crippen molar-refractivity contribution in [1.29, 1.82) is 0 Å². The Morgan fingerprint density at radius 1 is 1.42 bits per heavy atom. The Balaban J connectivity index is 2.09. The van der Waals surface area contributed by atoms with Crippen molar-refractivity contribution >= 4 is 0 Å². The molecule has 0 aliphatic rings. The van der Waals surface area contributed by atoms with Crippen LogP contribution in [-0.4, -0.2) is 10.1 Å². The minimum absolute atomic E-state index is 0.251. The SMILES string of the molecule is CCC(C)[C@H](N)c1nc(Cc2cccc(F)c2)no1. The predicted molar refractivity (Wildman–Crippen MR) is 69.9 cm³/mol. The largest absolute Gasteiger partial charge is 0.338 e. The van der Waals surface area contributed by atoms with Crippen LogP contribution in [0.2, 0.25) is 0 Å². The molecule has 0 radical (unpaired) electrons. The molecule has 0 fully saturated rings. The lowest BCUT2D eigenvalue weighted by Gasteiger charge is -2.12. The predicted octanol–water partition coefficient (Wildman–Crippen LogP) is 2.85. The molecule has 0 bridgehead atoms. The van der Waals surface area contributed by atoms with Gasteiger partial charge in [0.1, 0.15) is 5.82 Å². The highest BCUT2D eigenvalue weighted by atomic mass is 19.1. The summed E-state index contributed by atoms with van der Waals surface area (Å²) >= 11 is 0. The van der Waals surface area contributed by atoms with Crippen molar-refractivity contribution < 1.29 is 8.91 Å². The molecule has 0 spiro atoms. The number of halogens is 1. The van der Waals surface area contributed by atoms with E-state index in [-0.39, 0.29) is 17.8 Å². The fourth-order valence-electron chi connectivity index (χ4n) is 1.80. The van der Waals surface area contributed by atoms with E-state index in [0.717, 1.165) is 12.0 Å². The van der Waals surface area contributed by atoms with Crippen molar-refractivity contribution in [2.24, 2.45) is 11.7 Å². The van der Waals surface area contributed by atoms with E-state index in [1.807, 2.05) is 13.0 Å². The fourth-order valence-corrected chi connectivity index (χ4v) is 1.80. The van der Waals surface area contributed by atoms with Gasteiger partial charge in [0.05, 0.1) is 6.04 Å². The standard InChI is InChI=1S/C14H18FN3O/c1-3-9(2)13(16)14-17-12(18-19-14)8-10-5-4-6-11(15)7-10/h4-7,9,13H,3,8,16H2,1-2H3/t9?,13-/m0/s1. The van der Waals surface area contributed by atoms with Crippen molar-refractivity contribution in [3.8, 4) is 0 Å². The Kier molecular flexibility index (Phi) is 4.27. The molecule has 0 aliphatic carbocycles. The van der Waals surface area contributed by atoms with E-state index in [4.69, 9.17) is 10.3 Å². The van der Waals surface area contributed by atoms with Crippen molar-refractivity contribution in [2.75, 3.05) is 0 Å². The molecule has 2 aromatic rings.